The Hall–Kier alpha value is -5.54. The van der Waals surface area contributed by atoms with Gasteiger partial charge in [-0.2, -0.15) is 0 Å². The zero-order chi connectivity index (χ0) is 39.5. The monoisotopic (exact) mass is 735 g/mol. The van der Waals surface area contributed by atoms with Crippen molar-refractivity contribution in [2.75, 3.05) is 0 Å². The summed E-state index contributed by atoms with van der Waals surface area (Å²) in [6, 6.07) is 44.2. The summed E-state index contributed by atoms with van der Waals surface area (Å²) in [6.07, 6.45) is 13.3. The lowest BCUT2D eigenvalue weighted by Crippen LogP contribution is -2.36. The van der Waals surface area contributed by atoms with Crippen LogP contribution >= 0.6 is 0 Å². The van der Waals surface area contributed by atoms with Crippen molar-refractivity contribution in [1.82, 2.24) is 5.32 Å². The maximum atomic E-state index is 5.21. The summed E-state index contributed by atoms with van der Waals surface area (Å²) in [5, 5.41) is 3.62. The fourth-order valence-corrected chi connectivity index (χ4v) is 7.55. The third-order valence-corrected chi connectivity index (χ3v) is 11.9. The molecule has 2 aliphatic rings. The summed E-state index contributed by atoms with van der Waals surface area (Å²) in [7, 11) is 0. The van der Waals surface area contributed by atoms with Crippen molar-refractivity contribution in [3.8, 4) is 22.3 Å². The molecular weight excluding hydrogens is 679 g/mol. The molecule has 0 saturated heterocycles. The number of amidine groups is 2. The minimum absolute atomic E-state index is 0.125. The van der Waals surface area contributed by atoms with Gasteiger partial charge in [-0.25, -0.2) is 9.98 Å². The summed E-state index contributed by atoms with van der Waals surface area (Å²) in [5.74, 6) is 2.71. The minimum Gasteiger partial charge on any atom is -0.324 e. The van der Waals surface area contributed by atoms with E-state index < -0.39 is 0 Å². The number of nitrogens with zero attached hydrogens (tertiary/aromatic N) is 2. The number of benzene rings is 5. The molecule has 1 N–H and O–H groups in total. The van der Waals surface area contributed by atoms with Crippen LogP contribution in [0.25, 0.3) is 27.8 Å². The average molecular weight is 736 g/mol. The summed E-state index contributed by atoms with van der Waals surface area (Å²) < 4.78 is 0. The van der Waals surface area contributed by atoms with Crippen LogP contribution in [0.1, 0.15) is 108 Å². The van der Waals surface area contributed by atoms with E-state index in [0.717, 1.165) is 41.2 Å². The molecule has 56 heavy (non-hydrogen) atoms. The van der Waals surface area contributed by atoms with Crippen molar-refractivity contribution in [3.05, 3.63) is 185 Å². The molecule has 5 aromatic rings. The van der Waals surface area contributed by atoms with E-state index in [1.165, 1.54) is 44.5 Å². The molecule has 5 aromatic carbocycles. The first-order valence-electron chi connectivity index (χ1n) is 20.4. The molecule has 3 nitrogen and oxygen atoms in total. The highest BCUT2D eigenvalue weighted by Gasteiger charge is 2.22. The molecule has 1 aliphatic carbocycles. The van der Waals surface area contributed by atoms with Crippen LogP contribution in [0.2, 0.25) is 0 Å². The van der Waals surface area contributed by atoms with Gasteiger partial charge in [0.25, 0.3) is 0 Å². The van der Waals surface area contributed by atoms with Gasteiger partial charge in [-0.15, -0.1) is 0 Å². The normalized spacial score (nSPS) is 17.9. The van der Waals surface area contributed by atoms with Gasteiger partial charge in [0, 0.05) is 11.1 Å². The zero-order valence-corrected chi connectivity index (χ0v) is 34.5. The van der Waals surface area contributed by atoms with Gasteiger partial charge in [-0.05, 0) is 92.5 Å². The van der Waals surface area contributed by atoms with Gasteiger partial charge >= 0.3 is 0 Å². The Morgan fingerprint density at radius 3 is 1.52 bits per heavy atom. The Balaban J connectivity index is 1.16. The molecule has 3 unspecified atom stereocenters. The van der Waals surface area contributed by atoms with Gasteiger partial charge in [0.1, 0.15) is 11.7 Å². The van der Waals surface area contributed by atoms with Gasteiger partial charge in [0.15, 0.2) is 6.17 Å². The van der Waals surface area contributed by atoms with Crippen LogP contribution in [-0.2, 0) is 10.8 Å². The second-order valence-electron chi connectivity index (χ2n) is 17.2. The van der Waals surface area contributed by atoms with Crippen LogP contribution < -0.4 is 5.32 Å². The molecule has 0 aromatic heterocycles. The Morgan fingerprint density at radius 1 is 0.625 bits per heavy atom. The average Bonchev–Trinajstić information content (AvgIpc) is 3.23. The molecule has 0 fully saturated rings. The lowest BCUT2D eigenvalue weighted by Gasteiger charge is -2.24. The number of rotatable bonds is 10. The van der Waals surface area contributed by atoms with E-state index in [1.807, 2.05) is 0 Å². The van der Waals surface area contributed by atoms with Gasteiger partial charge in [-0.3, -0.25) is 0 Å². The Kier molecular flexibility index (Phi) is 11.3. The largest absolute Gasteiger partial charge is 0.324 e. The molecule has 0 radical (unpaired) electrons. The van der Waals surface area contributed by atoms with Gasteiger partial charge in [-0.1, -0.05) is 200 Å². The molecule has 3 heteroatoms. The van der Waals surface area contributed by atoms with Gasteiger partial charge < -0.3 is 5.32 Å². The summed E-state index contributed by atoms with van der Waals surface area (Å²) in [6.45, 7) is 18.0. The lowest BCUT2D eigenvalue weighted by atomic mass is 9.82. The van der Waals surface area contributed by atoms with Crippen LogP contribution in [-0.4, -0.2) is 11.7 Å². The van der Waals surface area contributed by atoms with E-state index >= 15 is 0 Å². The third-order valence-electron chi connectivity index (χ3n) is 11.9. The van der Waals surface area contributed by atoms with Crippen molar-refractivity contribution in [3.63, 3.8) is 0 Å². The molecular formula is C53H57N3. The van der Waals surface area contributed by atoms with Crippen LogP contribution in [0.5, 0.6) is 0 Å². The topological polar surface area (TPSA) is 36.8 Å². The second kappa shape index (κ2) is 16.3. The van der Waals surface area contributed by atoms with Crippen LogP contribution in [0.3, 0.4) is 0 Å². The summed E-state index contributed by atoms with van der Waals surface area (Å²) >= 11 is 0. The highest BCUT2D eigenvalue weighted by molar-refractivity contribution is 6.16. The summed E-state index contributed by atoms with van der Waals surface area (Å²) in [4.78, 5) is 10.4. The smallest absolute Gasteiger partial charge is 0.169 e. The quantitative estimate of drug-likeness (QED) is 0.142. The standard InChI is InChI=1S/C53H57N3/c1-9-11-36(3)37-12-14-38(15-13-37)39-16-22-44(23-17-39)49-54-50(45-24-18-40(19-25-45)42-28-32-47(33-29-42)52(4,5)6)56-51(55-49)46-26-20-41(21-27-46)43-30-34-48(35-31-43)53(7,8)10-2/h9,11-12,14-37,51H,10,13H2,1-8H3,(H,54,55,56). The van der Waals surface area contributed by atoms with E-state index in [-0.39, 0.29) is 17.0 Å². The van der Waals surface area contributed by atoms with Gasteiger partial charge in [0.05, 0.1) is 0 Å². The highest BCUT2D eigenvalue weighted by Crippen LogP contribution is 2.33. The van der Waals surface area contributed by atoms with Crippen molar-refractivity contribution in [2.45, 2.75) is 85.2 Å². The molecule has 3 atom stereocenters. The zero-order valence-electron chi connectivity index (χ0n) is 34.5. The van der Waals surface area contributed by atoms with E-state index in [1.54, 1.807) is 0 Å². The molecule has 0 spiro atoms. The molecule has 284 valence electrons. The fraction of sp³-hybridized carbons (Fsp3) is 0.283. The molecule has 7 rings (SSSR count). The maximum Gasteiger partial charge on any atom is 0.169 e. The molecule has 1 heterocycles. The van der Waals surface area contributed by atoms with Crippen molar-refractivity contribution < 1.29 is 0 Å². The van der Waals surface area contributed by atoms with Crippen LogP contribution in [0.4, 0.5) is 0 Å². The first kappa shape index (κ1) is 38.7. The minimum atomic E-state index is -0.382. The first-order chi connectivity index (χ1) is 26.9. The van der Waals surface area contributed by atoms with Crippen molar-refractivity contribution in [2.24, 2.45) is 21.8 Å². The van der Waals surface area contributed by atoms with Crippen molar-refractivity contribution >= 4 is 17.2 Å². The van der Waals surface area contributed by atoms with Crippen LogP contribution in [0.15, 0.2) is 162 Å². The van der Waals surface area contributed by atoms with E-state index in [4.69, 9.17) is 9.98 Å². The predicted octanol–water partition coefficient (Wildman–Crippen LogP) is 13.7. The van der Waals surface area contributed by atoms with Gasteiger partial charge in [0.2, 0.25) is 0 Å². The molecule has 0 amide bonds. The molecule has 0 saturated carbocycles. The molecule has 1 aliphatic heterocycles. The first-order valence-corrected chi connectivity index (χ1v) is 20.4. The van der Waals surface area contributed by atoms with Crippen LogP contribution in [0, 0.1) is 11.8 Å². The Labute approximate surface area is 335 Å². The number of hydrogen-bond donors (Lipinski definition) is 1. The number of nitrogens with one attached hydrogen (secondary N) is 1. The van der Waals surface area contributed by atoms with E-state index in [2.05, 4.69) is 212 Å². The summed E-state index contributed by atoms with van der Waals surface area (Å²) in [5.41, 5.74) is 13.4. The third kappa shape index (κ3) is 8.63. The Morgan fingerprint density at radius 2 is 1.07 bits per heavy atom. The maximum absolute atomic E-state index is 5.21. The predicted molar refractivity (Wildman–Crippen MR) is 240 cm³/mol. The fourth-order valence-electron chi connectivity index (χ4n) is 7.55. The molecule has 0 bridgehead atoms. The SMILES string of the molecule is CC=CC(C)C1C=CC(c2ccc(C3=NC(c4ccc(-c5ccc(C(C)(C)CC)cc5)cc4)N=C(c4ccc(-c5ccc(C(C)(C)C)cc5)cc4)N3)cc2)=CC1. The second-order valence-corrected chi connectivity index (χ2v) is 17.2. The van der Waals surface area contributed by atoms with E-state index in [9.17, 15) is 0 Å². The van der Waals surface area contributed by atoms with Crippen molar-refractivity contribution in [1.29, 1.82) is 0 Å². The number of allylic oxidation sites excluding steroid dienone is 6. The highest BCUT2D eigenvalue weighted by atomic mass is 15.2. The number of hydrogen-bond acceptors (Lipinski definition) is 3. The number of aliphatic imine (C=N–C) groups is 2. The lowest BCUT2D eigenvalue weighted by molar-refractivity contribution is 0.506. The van der Waals surface area contributed by atoms with E-state index in [0.29, 0.717) is 11.8 Å². The Bertz CT molecular complexity index is 2270.